The molecule has 0 amide bonds. The lowest BCUT2D eigenvalue weighted by molar-refractivity contribution is -0.137. The van der Waals surface area contributed by atoms with Crippen LogP contribution in [0.15, 0.2) is 34.9 Å². The Bertz CT molecular complexity index is 778. The lowest BCUT2D eigenvalue weighted by Gasteiger charge is -2.36. The molecule has 0 saturated carbocycles. The molecular weight excluding hydrogens is 423 g/mol. The molecule has 0 spiro atoms. The molecule has 1 aromatic carbocycles. The monoisotopic (exact) mass is 443 g/mol. The van der Waals surface area contributed by atoms with Crippen molar-refractivity contribution >= 4 is 33.4 Å². The quantitative estimate of drug-likeness (QED) is 0.708. The molecule has 9 heteroatoms. The van der Waals surface area contributed by atoms with Gasteiger partial charge < -0.3 is 15.5 Å². The number of nitrogens with one attached hydrogen (secondary N) is 2. The number of hydrogen-bond acceptors (Lipinski definition) is 5. The van der Waals surface area contributed by atoms with E-state index < -0.39 is 11.7 Å². The van der Waals surface area contributed by atoms with Gasteiger partial charge in [-0.25, -0.2) is 4.98 Å². The highest BCUT2D eigenvalue weighted by Crippen LogP contribution is 2.37. The minimum Gasteiger partial charge on any atom is -0.353 e. The maximum atomic E-state index is 13.6. The molecule has 0 atom stereocenters. The number of anilines is 3. The van der Waals surface area contributed by atoms with Crippen molar-refractivity contribution in [2.45, 2.75) is 32.0 Å². The first-order valence-corrected chi connectivity index (χ1v) is 9.62. The van der Waals surface area contributed by atoms with Crippen LogP contribution in [-0.4, -0.2) is 35.6 Å². The predicted molar refractivity (Wildman–Crippen MR) is 103 cm³/mol. The Morgan fingerprint density at radius 3 is 2.67 bits per heavy atom. The van der Waals surface area contributed by atoms with Gasteiger partial charge in [-0.1, -0.05) is 22.0 Å². The Labute approximate surface area is 164 Å². The van der Waals surface area contributed by atoms with E-state index in [0.29, 0.717) is 12.2 Å². The van der Waals surface area contributed by atoms with Gasteiger partial charge in [0.1, 0.15) is 11.4 Å². The van der Waals surface area contributed by atoms with Gasteiger partial charge in [0.05, 0.1) is 0 Å². The van der Waals surface area contributed by atoms with Gasteiger partial charge in [-0.05, 0) is 51.1 Å². The number of benzene rings is 1. The molecule has 2 aromatic rings. The maximum Gasteiger partial charge on any atom is 0.421 e. The smallest absolute Gasteiger partial charge is 0.353 e. The zero-order valence-electron chi connectivity index (χ0n) is 14.9. The van der Waals surface area contributed by atoms with E-state index in [4.69, 9.17) is 0 Å². The van der Waals surface area contributed by atoms with Gasteiger partial charge in [-0.15, -0.1) is 0 Å². The topological polar surface area (TPSA) is 53.1 Å². The summed E-state index contributed by atoms with van der Waals surface area (Å²) < 4.78 is 41.6. The minimum atomic E-state index is -4.51. The van der Waals surface area contributed by atoms with Crippen molar-refractivity contribution < 1.29 is 13.2 Å². The second kappa shape index (κ2) is 8.43. The van der Waals surface area contributed by atoms with E-state index in [1.54, 1.807) is 11.0 Å². The van der Waals surface area contributed by atoms with E-state index in [9.17, 15) is 13.2 Å². The molecule has 2 heterocycles. The molecule has 0 unspecified atom stereocenters. The fraction of sp³-hybridized carbons (Fsp3) is 0.444. The molecule has 1 aromatic heterocycles. The number of nitrogens with zero attached hydrogens (tertiary/aromatic N) is 3. The average Bonchev–Trinajstić information content (AvgIpc) is 2.62. The molecule has 3 rings (SSSR count). The van der Waals surface area contributed by atoms with Crippen molar-refractivity contribution in [3.05, 3.63) is 40.5 Å². The molecule has 5 nitrogen and oxygen atoms in total. The van der Waals surface area contributed by atoms with E-state index in [1.807, 2.05) is 25.1 Å². The first-order chi connectivity index (χ1) is 12.9. The molecule has 146 valence electrons. The summed E-state index contributed by atoms with van der Waals surface area (Å²) in [5, 5.41) is 6.23. The van der Waals surface area contributed by atoms with Crippen molar-refractivity contribution in [3.8, 4) is 0 Å². The minimum absolute atomic E-state index is 0.0194. The highest BCUT2D eigenvalue weighted by atomic mass is 79.9. The van der Waals surface area contributed by atoms with Crippen molar-refractivity contribution in [3.63, 3.8) is 0 Å². The van der Waals surface area contributed by atoms with Gasteiger partial charge >= 0.3 is 6.18 Å². The summed E-state index contributed by atoms with van der Waals surface area (Å²) in [6.07, 6.45) is -2.08. The van der Waals surface area contributed by atoms with Crippen LogP contribution in [0.1, 0.15) is 25.3 Å². The summed E-state index contributed by atoms with van der Waals surface area (Å²) in [6.45, 7) is 3.88. The molecule has 1 aliphatic rings. The number of piperidine rings is 1. The SMILES string of the molecule is CCN(c1nc(Nc2cccc(Br)c2)ncc1C(F)(F)F)C1CCNCC1. The molecule has 0 radical (unpaired) electrons. The maximum absolute atomic E-state index is 13.6. The van der Waals surface area contributed by atoms with Crippen LogP contribution >= 0.6 is 15.9 Å². The van der Waals surface area contributed by atoms with Gasteiger partial charge in [0, 0.05) is 28.9 Å². The van der Waals surface area contributed by atoms with Gasteiger partial charge in [0.2, 0.25) is 5.95 Å². The molecule has 1 fully saturated rings. The summed E-state index contributed by atoms with van der Waals surface area (Å²) in [5.41, 5.74) is -0.109. The van der Waals surface area contributed by atoms with Gasteiger partial charge in [0.25, 0.3) is 0 Å². The molecule has 1 saturated heterocycles. The number of rotatable bonds is 5. The summed E-state index contributed by atoms with van der Waals surface area (Å²) in [5.74, 6) is 0.0767. The average molecular weight is 444 g/mol. The lowest BCUT2D eigenvalue weighted by Crippen LogP contribution is -2.44. The summed E-state index contributed by atoms with van der Waals surface area (Å²) >= 11 is 3.37. The Balaban J connectivity index is 1.97. The largest absolute Gasteiger partial charge is 0.421 e. The van der Waals surface area contributed by atoms with Crippen molar-refractivity contribution in [2.24, 2.45) is 0 Å². The van der Waals surface area contributed by atoms with E-state index in [1.165, 1.54) is 0 Å². The second-order valence-electron chi connectivity index (χ2n) is 6.33. The van der Waals surface area contributed by atoms with E-state index in [2.05, 4.69) is 36.5 Å². The van der Waals surface area contributed by atoms with Crippen LogP contribution in [0.2, 0.25) is 0 Å². The fourth-order valence-corrected chi connectivity index (χ4v) is 3.65. The number of aromatic nitrogens is 2. The van der Waals surface area contributed by atoms with Crippen LogP contribution in [-0.2, 0) is 6.18 Å². The lowest BCUT2D eigenvalue weighted by atomic mass is 10.0. The Hall–Kier alpha value is -1.87. The van der Waals surface area contributed by atoms with E-state index in [0.717, 1.165) is 36.6 Å². The van der Waals surface area contributed by atoms with Crippen LogP contribution < -0.4 is 15.5 Å². The molecule has 27 heavy (non-hydrogen) atoms. The molecular formula is C18H21BrF3N5. The molecule has 1 aliphatic heterocycles. The number of alkyl halides is 3. The zero-order chi connectivity index (χ0) is 19.4. The van der Waals surface area contributed by atoms with Crippen molar-refractivity contribution in [1.29, 1.82) is 0 Å². The Kier molecular flexibility index (Phi) is 6.21. The first-order valence-electron chi connectivity index (χ1n) is 8.82. The Morgan fingerprint density at radius 1 is 1.30 bits per heavy atom. The third-order valence-corrected chi connectivity index (χ3v) is 5.01. The standard InChI is InChI=1S/C18H21BrF3N5/c1-2-27(14-6-8-23-9-7-14)16-15(18(20,21)22)11-24-17(26-16)25-13-5-3-4-12(19)10-13/h3-5,10-11,14,23H,2,6-9H2,1H3,(H,24,25,26). The third-order valence-electron chi connectivity index (χ3n) is 4.52. The van der Waals surface area contributed by atoms with Crippen molar-refractivity contribution in [2.75, 3.05) is 29.9 Å². The summed E-state index contributed by atoms with van der Waals surface area (Å²) in [7, 11) is 0. The normalized spacial score (nSPS) is 15.6. The summed E-state index contributed by atoms with van der Waals surface area (Å²) in [4.78, 5) is 9.90. The second-order valence-corrected chi connectivity index (χ2v) is 7.25. The van der Waals surface area contributed by atoms with Crippen LogP contribution in [0.3, 0.4) is 0 Å². The Morgan fingerprint density at radius 2 is 2.04 bits per heavy atom. The zero-order valence-corrected chi connectivity index (χ0v) is 16.4. The van der Waals surface area contributed by atoms with Crippen molar-refractivity contribution in [1.82, 2.24) is 15.3 Å². The van der Waals surface area contributed by atoms with Crippen LogP contribution in [0.25, 0.3) is 0 Å². The van der Waals surface area contributed by atoms with Crippen LogP contribution in [0, 0.1) is 0 Å². The van der Waals surface area contributed by atoms with Gasteiger partial charge in [-0.3, -0.25) is 0 Å². The van der Waals surface area contributed by atoms with Gasteiger partial charge in [0.15, 0.2) is 0 Å². The number of hydrogen-bond donors (Lipinski definition) is 2. The third kappa shape index (κ3) is 4.90. The van der Waals surface area contributed by atoms with E-state index >= 15 is 0 Å². The molecule has 0 bridgehead atoms. The highest BCUT2D eigenvalue weighted by molar-refractivity contribution is 9.10. The van der Waals surface area contributed by atoms with Gasteiger partial charge in [-0.2, -0.15) is 18.2 Å². The number of halogens is 4. The molecule has 2 N–H and O–H groups in total. The fourth-order valence-electron chi connectivity index (χ4n) is 3.25. The molecule has 0 aliphatic carbocycles. The highest BCUT2D eigenvalue weighted by Gasteiger charge is 2.38. The van der Waals surface area contributed by atoms with Crippen LogP contribution in [0.5, 0.6) is 0 Å². The van der Waals surface area contributed by atoms with Crippen LogP contribution in [0.4, 0.5) is 30.6 Å². The van der Waals surface area contributed by atoms with E-state index in [-0.39, 0.29) is 17.8 Å². The first kappa shape index (κ1) is 19.9. The summed E-state index contributed by atoms with van der Waals surface area (Å²) in [6, 6.07) is 7.32. The predicted octanol–water partition coefficient (Wildman–Crippen LogP) is 4.58.